The van der Waals surface area contributed by atoms with Gasteiger partial charge in [0.25, 0.3) is 0 Å². The summed E-state index contributed by atoms with van der Waals surface area (Å²) in [5.74, 6) is -1.73. The van der Waals surface area contributed by atoms with E-state index in [0.717, 1.165) is 5.56 Å². The Morgan fingerprint density at radius 1 is 1.08 bits per heavy atom. The molecule has 2 aliphatic heterocycles. The molecule has 0 aromatic heterocycles. The molecule has 0 aliphatic carbocycles. The number of hydrogen-bond acceptors (Lipinski definition) is 5. The Balaban J connectivity index is 1.70. The number of nitrogens with zero attached hydrogens (tertiary/aromatic N) is 1. The molecule has 26 heavy (non-hydrogen) atoms. The van der Waals surface area contributed by atoms with Crippen molar-refractivity contribution in [3.63, 3.8) is 0 Å². The number of rotatable bonds is 4. The average molecular weight is 355 g/mol. The maximum absolute atomic E-state index is 13.2. The summed E-state index contributed by atoms with van der Waals surface area (Å²) in [7, 11) is 0. The van der Waals surface area contributed by atoms with Crippen molar-refractivity contribution >= 4 is 11.8 Å². The Morgan fingerprint density at radius 2 is 1.81 bits per heavy atom. The zero-order chi connectivity index (χ0) is 18.1. The predicted molar refractivity (Wildman–Crippen MR) is 91.1 cm³/mol. The van der Waals surface area contributed by atoms with Gasteiger partial charge in [0.2, 0.25) is 5.78 Å². The van der Waals surface area contributed by atoms with Crippen LogP contribution in [-0.4, -0.2) is 48.7 Å². The van der Waals surface area contributed by atoms with E-state index in [1.807, 2.05) is 35.2 Å². The minimum absolute atomic E-state index is 0.322. The minimum atomic E-state index is -0.945. The van der Waals surface area contributed by atoms with Gasteiger partial charge < -0.3 is 9.47 Å². The number of ketones is 1. The predicted octanol–water partition coefficient (Wildman–Crippen LogP) is 2.38. The summed E-state index contributed by atoms with van der Waals surface area (Å²) in [6.07, 6.45) is -0.945. The number of ether oxygens (including phenoxy) is 2. The van der Waals surface area contributed by atoms with Gasteiger partial charge in [-0.15, -0.1) is 0 Å². The maximum Gasteiger partial charge on any atom is 0.315 e. The standard InChI is InChI=1S/C20H18FNO4/c21-15-8-6-14(7-9-15)18(23)19-17(22-10-11-25-12-22)16(20(24)26-19)13-4-2-1-3-5-13/h1-9,16-17,19H,10-12H2/t16-,17?,19?/m0/s1. The van der Waals surface area contributed by atoms with Crippen LogP contribution in [0.1, 0.15) is 21.8 Å². The number of cyclic esters (lactones) is 1. The first-order chi connectivity index (χ1) is 12.6. The van der Waals surface area contributed by atoms with E-state index in [1.54, 1.807) is 0 Å². The Kier molecular flexibility index (Phi) is 4.53. The van der Waals surface area contributed by atoms with Gasteiger partial charge in [0.05, 0.1) is 19.4 Å². The lowest BCUT2D eigenvalue weighted by atomic mass is 9.87. The second kappa shape index (κ2) is 6.97. The van der Waals surface area contributed by atoms with E-state index >= 15 is 0 Å². The molecular formula is C20H18FNO4. The first-order valence-corrected chi connectivity index (χ1v) is 8.52. The van der Waals surface area contributed by atoms with Crippen LogP contribution in [-0.2, 0) is 14.3 Å². The van der Waals surface area contributed by atoms with Gasteiger partial charge in [-0.2, -0.15) is 0 Å². The lowest BCUT2D eigenvalue weighted by Gasteiger charge is -2.28. The summed E-state index contributed by atoms with van der Waals surface area (Å²) < 4.78 is 24.1. The lowest BCUT2D eigenvalue weighted by molar-refractivity contribution is -0.141. The van der Waals surface area contributed by atoms with Crippen LogP contribution in [0, 0.1) is 5.82 Å². The summed E-state index contributed by atoms with van der Waals surface area (Å²) in [6.45, 7) is 1.51. The van der Waals surface area contributed by atoms with Crippen molar-refractivity contribution in [1.29, 1.82) is 0 Å². The van der Waals surface area contributed by atoms with Gasteiger partial charge in [-0.25, -0.2) is 4.39 Å². The third-order valence-corrected chi connectivity index (χ3v) is 4.90. The van der Waals surface area contributed by atoms with Crippen LogP contribution in [0.25, 0.3) is 0 Å². The van der Waals surface area contributed by atoms with Crippen LogP contribution in [0.4, 0.5) is 4.39 Å². The summed E-state index contributed by atoms with van der Waals surface area (Å²) in [4.78, 5) is 27.6. The van der Waals surface area contributed by atoms with Gasteiger partial charge in [-0.3, -0.25) is 14.5 Å². The fraction of sp³-hybridized carbons (Fsp3) is 0.300. The average Bonchev–Trinajstić information content (AvgIpc) is 3.30. The van der Waals surface area contributed by atoms with E-state index in [1.165, 1.54) is 24.3 Å². The first-order valence-electron chi connectivity index (χ1n) is 8.52. The van der Waals surface area contributed by atoms with Crippen LogP contribution in [0.15, 0.2) is 54.6 Å². The largest absolute Gasteiger partial charge is 0.452 e. The minimum Gasteiger partial charge on any atom is -0.452 e. The highest BCUT2D eigenvalue weighted by Crippen LogP contribution is 2.37. The number of hydrogen-bond donors (Lipinski definition) is 0. The molecule has 0 bridgehead atoms. The Hall–Kier alpha value is -2.57. The molecule has 2 aromatic rings. The van der Waals surface area contributed by atoms with E-state index in [-0.39, 0.29) is 5.78 Å². The number of esters is 1. The molecule has 0 spiro atoms. The van der Waals surface area contributed by atoms with Crippen molar-refractivity contribution in [3.05, 3.63) is 71.5 Å². The zero-order valence-corrected chi connectivity index (χ0v) is 14.0. The molecule has 134 valence electrons. The quantitative estimate of drug-likeness (QED) is 0.623. The van der Waals surface area contributed by atoms with Crippen molar-refractivity contribution in [1.82, 2.24) is 4.90 Å². The highest BCUT2D eigenvalue weighted by Gasteiger charge is 2.52. The zero-order valence-electron chi connectivity index (χ0n) is 14.0. The molecule has 2 aromatic carbocycles. The smallest absolute Gasteiger partial charge is 0.315 e. The second-order valence-corrected chi connectivity index (χ2v) is 6.46. The van der Waals surface area contributed by atoms with Gasteiger partial charge >= 0.3 is 5.97 Å². The Morgan fingerprint density at radius 3 is 2.46 bits per heavy atom. The van der Waals surface area contributed by atoms with E-state index in [2.05, 4.69) is 0 Å². The molecule has 2 aliphatic rings. The normalized spacial score (nSPS) is 26.0. The van der Waals surface area contributed by atoms with Crippen molar-refractivity contribution in [2.24, 2.45) is 0 Å². The molecule has 2 fully saturated rings. The topological polar surface area (TPSA) is 55.8 Å². The molecule has 2 heterocycles. The fourth-order valence-electron chi connectivity index (χ4n) is 3.63. The van der Waals surface area contributed by atoms with Crippen LogP contribution in [0.3, 0.4) is 0 Å². The number of carbonyl (C=O) groups is 2. The number of halogens is 1. The van der Waals surface area contributed by atoms with Crippen molar-refractivity contribution < 1.29 is 23.5 Å². The highest BCUT2D eigenvalue weighted by atomic mass is 19.1. The van der Waals surface area contributed by atoms with Crippen LogP contribution >= 0.6 is 0 Å². The molecule has 0 amide bonds. The third kappa shape index (κ3) is 3.02. The van der Waals surface area contributed by atoms with Crippen molar-refractivity contribution in [2.75, 3.05) is 19.9 Å². The summed E-state index contributed by atoms with van der Waals surface area (Å²) in [5.41, 5.74) is 1.13. The monoisotopic (exact) mass is 355 g/mol. The van der Waals surface area contributed by atoms with E-state index in [0.29, 0.717) is 25.4 Å². The summed E-state index contributed by atoms with van der Waals surface area (Å²) in [5, 5.41) is 0. The summed E-state index contributed by atoms with van der Waals surface area (Å²) in [6, 6.07) is 14.1. The van der Waals surface area contributed by atoms with Gasteiger partial charge in [-0.05, 0) is 29.8 Å². The first kappa shape index (κ1) is 16.9. The number of Topliss-reactive ketones (excluding diaryl/α,β-unsaturated/α-hetero) is 1. The van der Waals surface area contributed by atoms with Gasteiger partial charge in [-0.1, -0.05) is 30.3 Å². The molecule has 0 saturated carbocycles. The van der Waals surface area contributed by atoms with Gasteiger partial charge in [0.15, 0.2) is 6.10 Å². The molecule has 0 N–H and O–H groups in total. The van der Waals surface area contributed by atoms with E-state index < -0.39 is 29.9 Å². The van der Waals surface area contributed by atoms with E-state index in [4.69, 9.17) is 9.47 Å². The van der Waals surface area contributed by atoms with Gasteiger partial charge in [0, 0.05) is 12.1 Å². The molecule has 4 rings (SSSR count). The molecule has 5 nitrogen and oxygen atoms in total. The second-order valence-electron chi connectivity index (χ2n) is 6.46. The number of carbonyl (C=O) groups excluding carboxylic acids is 2. The molecule has 2 unspecified atom stereocenters. The number of benzene rings is 2. The van der Waals surface area contributed by atoms with Crippen molar-refractivity contribution in [2.45, 2.75) is 18.1 Å². The fourth-order valence-corrected chi connectivity index (χ4v) is 3.63. The Bertz CT molecular complexity index is 802. The Labute approximate surface area is 150 Å². The van der Waals surface area contributed by atoms with Crippen LogP contribution in [0.2, 0.25) is 0 Å². The molecule has 6 heteroatoms. The third-order valence-electron chi connectivity index (χ3n) is 4.90. The van der Waals surface area contributed by atoms with Crippen LogP contribution < -0.4 is 0 Å². The van der Waals surface area contributed by atoms with Gasteiger partial charge in [0.1, 0.15) is 11.7 Å². The maximum atomic E-state index is 13.2. The highest BCUT2D eigenvalue weighted by molar-refractivity contribution is 6.03. The molecule has 2 saturated heterocycles. The van der Waals surface area contributed by atoms with Crippen LogP contribution in [0.5, 0.6) is 0 Å². The summed E-state index contributed by atoms with van der Waals surface area (Å²) >= 11 is 0. The molecular weight excluding hydrogens is 337 g/mol. The van der Waals surface area contributed by atoms with Crippen molar-refractivity contribution in [3.8, 4) is 0 Å². The lowest BCUT2D eigenvalue weighted by Crippen LogP contribution is -2.46. The molecule has 3 atom stereocenters. The SMILES string of the molecule is O=C(c1ccc(F)cc1)C1OC(=O)[C@@H](c2ccccc2)C1N1CCOC1. The molecule has 0 radical (unpaired) electrons. The van der Waals surface area contributed by atoms with E-state index in [9.17, 15) is 14.0 Å².